The second-order valence-electron chi connectivity index (χ2n) is 4.46. The Morgan fingerprint density at radius 3 is 2.72 bits per heavy atom. The van der Waals surface area contributed by atoms with Crippen LogP contribution in [0.3, 0.4) is 0 Å². The third kappa shape index (κ3) is 4.66. The summed E-state index contributed by atoms with van der Waals surface area (Å²) in [5.41, 5.74) is 13.0. The molecule has 0 aliphatic carbocycles. The Bertz CT molecular complexity index is 433. The summed E-state index contributed by atoms with van der Waals surface area (Å²) in [5, 5.41) is 0. The van der Waals surface area contributed by atoms with Crippen molar-refractivity contribution in [2.45, 2.75) is 32.7 Å². The van der Waals surface area contributed by atoms with Gasteiger partial charge in [0.2, 0.25) is 5.91 Å². The first-order valence-electron chi connectivity index (χ1n) is 5.86. The van der Waals surface area contributed by atoms with E-state index in [0.717, 1.165) is 27.8 Å². The quantitative estimate of drug-likeness (QED) is 0.841. The van der Waals surface area contributed by atoms with Gasteiger partial charge in [-0.15, -0.1) is 0 Å². The van der Waals surface area contributed by atoms with Crippen molar-refractivity contribution in [3.8, 4) is 5.75 Å². The van der Waals surface area contributed by atoms with Crippen molar-refractivity contribution in [1.82, 2.24) is 0 Å². The highest BCUT2D eigenvalue weighted by Crippen LogP contribution is 2.29. The lowest BCUT2D eigenvalue weighted by molar-refractivity contribution is -0.118. The van der Waals surface area contributed by atoms with Crippen LogP contribution in [0.15, 0.2) is 16.6 Å². The van der Waals surface area contributed by atoms with Crippen LogP contribution >= 0.6 is 15.9 Å². The molecule has 1 amide bonds. The molecule has 18 heavy (non-hydrogen) atoms. The van der Waals surface area contributed by atoms with E-state index in [1.54, 1.807) is 0 Å². The molecule has 0 aliphatic rings. The van der Waals surface area contributed by atoms with Gasteiger partial charge in [0.15, 0.2) is 0 Å². The molecular formula is C13H19BrN2O2. The SMILES string of the molecule is Cc1cc(Br)cc(CC(C)N)c1OCCC(N)=O. The monoisotopic (exact) mass is 314 g/mol. The summed E-state index contributed by atoms with van der Waals surface area (Å²) in [5.74, 6) is 0.440. The van der Waals surface area contributed by atoms with Gasteiger partial charge < -0.3 is 16.2 Å². The van der Waals surface area contributed by atoms with E-state index in [9.17, 15) is 4.79 Å². The maximum absolute atomic E-state index is 10.7. The van der Waals surface area contributed by atoms with Crippen LogP contribution in [0.25, 0.3) is 0 Å². The largest absolute Gasteiger partial charge is 0.492 e. The molecule has 0 aromatic heterocycles. The highest BCUT2D eigenvalue weighted by atomic mass is 79.9. The number of amides is 1. The predicted molar refractivity (Wildman–Crippen MR) is 75.5 cm³/mol. The number of halogens is 1. The Balaban J connectivity index is 2.89. The number of nitrogens with two attached hydrogens (primary N) is 2. The molecule has 0 spiro atoms. The Morgan fingerprint density at radius 2 is 2.17 bits per heavy atom. The molecule has 0 aliphatic heterocycles. The third-order valence-electron chi connectivity index (χ3n) is 2.45. The zero-order valence-corrected chi connectivity index (χ0v) is 12.3. The van der Waals surface area contributed by atoms with E-state index in [2.05, 4.69) is 15.9 Å². The van der Waals surface area contributed by atoms with Crippen molar-refractivity contribution in [3.63, 3.8) is 0 Å². The molecule has 1 rings (SSSR count). The summed E-state index contributed by atoms with van der Waals surface area (Å²) >= 11 is 3.46. The van der Waals surface area contributed by atoms with E-state index in [0.29, 0.717) is 6.61 Å². The van der Waals surface area contributed by atoms with E-state index in [-0.39, 0.29) is 18.4 Å². The number of benzene rings is 1. The van der Waals surface area contributed by atoms with Gasteiger partial charge in [0.1, 0.15) is 5.75 Å². The number of aryl methyl sites for hydroxylation is 1. The van der Waals surface area contributed by atoms with Crippen molar-refractivity contribution < 1.29 is 9.53 Å². The van der Waals surface area contributed by atoms with Crippen LogP contribution in [-0.2, 0) is 11.2 Å². The molecule has 1 aromatic rings. The molecular weight excluding hydrogens is 296 g/mol. The van der Waals surface area contributed by atoms with Gasteiger partial charge in [-0.2, -0.15) is 0 Å². The van der Waals surface area contributed by atoms with Gasteiger partial charge in [-0.25, -0.2) is 0 Å². The molecule has 5 heteroatoms. The van der Waals surface area contributed by atoms with Crippen molar-refractivity contribution in [2.24, 2.45) is 11.5 Å². The number of hydrogen-bond acceptors (Lipinski definition) is 3. The number of carbonyl (C=O) groups is 1. The first-order chi connectivity index (χ1) is 8.40. The second-order valence-corrected chi connectivity index (χ2v) is 5.37. The summed E-state index contributed by atoms with van der Waals surface area (Å²) in [6, 6.07) is 4.03. The highest BCUT2D eigenvalue weighted by Gasteiger charge is 2.11. The fourth-order valence-corrected chi connectivity index (χ4v) is 2.38. The molecule has 0 radical (unpaired) electrons. The fraction of sp³-hybridized carbons (Fsp3) is 0.462. The van der Waals surface area contributed by atoms with Crippen molar-refractivity contribution in [2.75, 3.05) is 6.61 Å². The van der Waals surface area contributed by atoms with E-state index in [1.807, 2.05) is 26.0 Å². The van der Waals surface area contributed by atoms with Crippen LogP contribution in [0.2, 0.25) is 0 Å². The minimum atomic E-state index is -0.362. The molecule has 0 saturated carbocycles. The van der Waals surface area contributed by atoms with Crippen LogP contribution in [0, 0.1) is 6.92 Å². The molecule has 1 atom stereocenters. The average Bonchev–Trinajstić information content (AvgIpc) is 2.20. The third-order valence-corrected chi connectivity index (χ3v) is 2.91. The predicted octanol–water partition coefficient (Wildman–Crippen LogP) is 1.90. The Morgan fingerprint density at radius 1 is 1.50 bits per heavy atom. The van der Waals surface area contributed by atoms with Crippen LogP contribution in [0.4, 0.5) is 0 Å². The molecule has 100 valence electrons. The smallest absolute Gasteiger partial charge is 0.220 e. The summed E-state index contributed by atoms with van der Waals surface area (Å²) in [7, 11) is 0. The maximum atomic E-state index is 10.7. The lowest BCUT2D eigenvalue weighted by Gasteiger charge is -2.16. The number of hydrogen-bond donors (Lipinski definition) is 2. The average molecular weight is 315 g/mol. The minimum absolute atomic E-state index is 0.0530. The molecule has 0 heterocycles. The Kier molecular flexibility index (Phi) is 5.62. The summed E-state index contributed by atoms with van der Waals surface area (Å²) < 4.78 is 6.66. The van der Waals surface area contributed by atoms with E-state index in [1.165, 1.54) is 0 Å². The van der Waals surface area contributed by atoms with E-state index >= 15 is 0 Å². The lowest BCUT2D eigenvalue weighted by Crippen LogP contribution is -2.19. The van der Waals surface area contributed by atoms with Crippen molar-refractivity contribution in [1.29, 1.82) is 0 Å². The Hall–Kier alpha value is -1.07. The molecule has 0 saturated heterocycles. The van der Waals surface area contributed by atoms with Gasteiger partial charge in [0.05, 0.1) is 13.0 Å². The summed E-state index contributed by atoms with van der Waals surface area (Å²) in [6.45, 7) is 4.21. The fourth-order valence-electron chi connectivity index (χ4n) is 1.76. The van der Waals surface area contributed by atoms with Crippen molar-refractivity contribution in [3.05, 3.63) is 27.7 Å². The molecule has 0 bridgehead atoms. The van der Waals surface area contributed by atoms with Crippen LogP contribution in [-0.4, -0.2) is 18.6 Å². The lowest BCUT2D eigenvalue weighted by atomic mass is 10.0. The second kappa shape index (κ2) is 6.75. The first-order valence-corrected chi connectivity index (χ1v) is 6.65. The molecule has 0 fully saturated rings. The highest BCUT2D eigenvalue weighted by molar-refractivity contribution is 9.10. The maximum Gasteiger partial charge on any atom is 0.220 e. The summed E-state index contributed by atoms with van der Waals surface area (Å²) in [6.07, 6.45) is 0.944. The topological polar surface area (TPSA) is 78.3 Å². The van der Waals surface area contributed by atoms with Gasteiger partial charge in [-0.05, 0) is 43.5 Å². The number of primary amides is 1. The number of ether oxygens (including phenoxy) is 1. The van der Waals surface area contributed by atoms with Gasteiger partial charge in [-0.1, -0.05) is 15.9 Å². The number of carbonyl (C=O) groups excluding carboxylic acids is 1. The Labute approximate surface area is 116 Å². The molecule has 1 unspecified atom stereocenters. The van der Waals surface area contributed by atoms with Crippen LogP contribution < -0.4 is 16.2 Å². The number of rotatable bonds is 6. The standard InChI is InChI=1S/C13H19BrN2O2/c1-8-5-11(14)7-10(6-9(2)15)13(8)18-4-3-12(16)17/h5,7,9H,3-4,6,15H2,1-2H3,(H2,16,17). The molecule has 4 nitrogen and oxygen atoms in total. The van der Waals surface area contributed by atoms with E-state index in [4.69, 9.17) is 16.2 Å². The van der Waals surface area contributed by atoms with Crippen LogP contribution in [0.1, 0.15) is 24.5 Å². The summed E-state index contributed by atoms with van der Waals surface area (Å²) in [4.78, 5) is 10.7. The zero-order valence-electron chi connectivity index (χ0n) is 10.7. The van der Waals surface area contributed by atoms with Crippen LogP contribution in [0.5, 0.6) is 5.75 Å². The minimum Gasteiger partial charge on any atom is -0.492 e. The van der Waals surface area contributed by atoms with Crippen molar-refractivity contribution >= 4 is 21.8 Å². The normalized spacial score (nSPS) is 12.2. The van der Waals surface area contributed by atoms with Gasteiger partial charge >= 0.3 is 0 Å². The van der Waals surface area contributed by atoms with E-state index < -0.39 is 0 Å². The zero-order chi connectivity index (χ0) is 13.7. The van der Waals surface area contributed by atoms with Gasteiger partial charge in [0.25, 0.3) is 0 Å². The molecule has 4 N–H and O–H groups in total. The van der Waals surface area contributed by atoms with Gasteiger partial charge in [0, 0.05) is 10.5 Å². The molecule has 1 aromatic carbocycles. The van der Waals surface area contributed by atoms with Gasteiger partial charge in [-0.3, -0.25) is 4.79 Å². The first kappa shape index (κ1) is 15.0.